The van der Waals surface area contributed by atoms with E-state index in [0.29, 0.717) is 17.8 Å². The molecule has 100 valence electrons. The van der Waals surface area contributed by atoms with Crippen molar-refractivity contribution in [2.75, 3.05) is 7.11 Å². The molecule has 3 nitrogen and oxygen atoms in total. The van der Waals surface area contributed by atoms with E-state index in [-0.39, 0.29) is 22.4 Å². The van der Waals surface area contributed by atoms with Crippen LogP contribution >= 0.6 is 0 Å². The molecule has 0 aromatic carbocycles. The zero-order valence-electron chi connectivity index (χ0n) is 11.4. The third-order valence-corrected chi connectivity index (χ3v) is 7.02. The minimum absolute atomic E-state index is 0.0550. The van der Waals surface area contributed by atoms with E-state index >= 15 is 0 Å². The van der Waals surface area contributed by atoms with Crippen molar-refractivity contribution in [2.24, 2.45) is 34.5 Å². The summed E-state index contributed by atoms with van der Waals surface area (Å²) in [5, 5.41) is 10.6. The van der Waals surface area contributed by atoms with Gasteiger partial charge in [0.05, 0.1) is 18.1 Å². The highest BCUT2D eigenvalue weighted by Crippen LogP contribution is 2.81. The molecule has 0 heterocycles. The predicted octanol–water partition coefficient (Wildman–Crippen LogP) is 1.98. The maximum Gasteiger partial charge on any atom is 0.311 e. The lowest BCUT2D eigenvalue weighted by molar-refractivity contribution is -0.153. The number of hydrogen-bond acceptors (Lipinski definition) is 3. The lowest BCUT2D eigenvalue weighted by Gasteiger charge is -2.46. The molecule has 5 saturated carbocycles. The van der Waals surface area contributed by atoms with Gasteiger partial charge in [-0.1, -0.05) is 6.92 Å². The Morgan fingerprint density at radius 2 is 1.94 bits per heavy atom. The van der Waals surface area contributed by atoms with Gasteiger partial charge in [0.15, 0.2) is 0 Å². The van der Waals surface area contributed by atoms with Crippen molar-refractivity contribution < 1.29 is 14.6 Å². The van der Waals surface area contributed by atoms with Crippen molar-refractivity contribution in [1.29, 1.82) is 0 Å². The average Bonchev–Trinajstić information content (AvgIpc) is 2.87. The lowest BCUT2D eigenvalue weighted by Crippen LogP contribution is -2.49. The fraction of sp³-hybridized carbons (Fsp3) is 0.933. The number of fused-ring (bicyclic) bond motifs is 1. The molecule has 0 amide bonds. The van der Waals surface area contributed by atoms with Gasteiger partial charge in [-0.2, -0.15) is 0 Å². The van der Waals surface area contributed by atoms with Crippen LogP contribution in [0.2, 0.25) is 0 Å². The Hall–Kier alpha value is -0.570. The van der Waals surface area contributed by atoms with Gasteiger partial charge >= 0.3 is 5.97 Å². The summed E-state index contributed by atoms with van der Waals surface area (Å²) < 4.78 is 4.99. The quantitative estimate of drug-likeness (QED) is 0.724. The van der Waals surface area contributed by atoms with Crippen LogP contribution in [0.25, 0.3) is 0 Å². The van der Waals surface area contributed by atoms with Crippen LogP contribution in [0.5, 0.6) is 0 Å². The number of carbonyl (C=O) groups excluding carboxylic acids is 1. The fourth-order valence-corrected chi connectivity index (χ4v) is 6.48. The largest absolute Gasteiger partial charge is 0.469 e. The predicted molar refractivity (Wildman–Crippen MR) is 65.6 cm³/mol. The van der Waals surface area contributed by atoms with E-state index in [2.05, 4.69) is 13.8 Å². The van der Waals surface area contributed by atoms with Gasteiger partial charge in [-0.3, -0.25) is 4.79 Å². The number of ether oxygens (including phenoxy) is 1. The molecule has 4 bridgehead atoms. The Morgan fingerprint density at radius 1 is 1.22 bits per heavy atom. The summed E-state index contributed by atoms with van der Waals surface area (Å²) in [6.07, 6.45) is 3.86. The number of carbonyl (C=O) groups is 1. The van der Waals surface area contributed by atoms with E-state index in [9.17, 15) is 9.90 Å². The average molecular weight is 250 g/mol. The monoisotopic (exact) mass is 250 g/mol. The van der Waals surface area contributed by atoms with Gasteiger partial charge in [-0.15, -0.1) is 0 Å². The van der Waals surface area contributed by atoms with Gasteiger partial charge < -0.3 is 9.84 Å². The maximum absolute atomic E-state index is 12.0. The summed E-state index contributed by atoms with van der Waals surface area (Å²) in [6, 6.07) is 0. The van der Waals surface area contributed by atoms with Crippen molar-refractivity contribution >= 4 is 5.97 Å². The van der Waals surface area contributed by atoms with Gasteiger partial charge in [-0.05, 0) is 61.7 Å². The van der Waals surface area contributed by atoms with Gasteiger partial charge in [0.25, 0.3) is 0 Å². The van der Waals surface area contributed by atoms with Crippen molar-refractivity contribution in [3.05, 3.63) is 0 Å². The normalized spacial score (nSPS) is 63.6. The van der Waals surface area contributed by atoms with Crippen molar-refractivity contribution in [3.63, 3.8) is 0 Å². The van der Waals surface area contributed by atoms with Crippen LogP contribution in [0.4, 0.5) is 0 Å². The summed E-state index contributed by atoms with van der Waals surface area (Å²) in [5.74, 6) is 2.32. The van der Waals surface area contributed by atoms with Crippen LogP contribution in [0.15, 0.2) is 0 Å². The molecule has 5 rings (SSSR count). The molecule has 5 aliphatic carbocycles. The van der Waals surface area contributed by atoms with E-state index in [4.69, 9.17) is 4.74 Å². The van der Waals surface area contributed by atoms with Gasteiger partial charge in [0.2, 0.25) is 0 Å². The second-order valence-corrected chi connectivity index (χ2v) is 7.85. The molecule has 18 heavy (non-hydrogen) atoms. The van der Waals surface area contributed by atoms with Crippen molar-refractivity contribution in [2.45, 2.75) is 45.1 Å². The lowest BCUT2D eigenvalue weighted by atomic mass is 9.63. The molecule has 1 N–H and O–H groups in total. The van der Waals surface area contributed by atoms with E-state index in [1.165, 1.54) is 7.11 Å². The smallest absolute Gasteiger partial charge is 0.311 e. The van der Waals surface area contributed by atoms with Crippen molar-refractivity contribution in [1.82, 2.24) is 0 Å². The van der Waals surface area contributed by atoms with E-state index in [1.807, 2.05) is 0 Å². The number of esters is 1. The Bertz CT molecular complexity index is 447. The van der Waals surface area contributed by atoms with E-state index < -0.39 is 0 Å². The summed E-state index contributed by atoms with van der Waals surface area (Å²) in [7, 11) is 1.49. The third-order valence-electron chi connectivity index (χ3n) is 7.02. The highest BCUT2D eigenvalue weighted by atomic mass is 16.5. The molecule has 3 heteroatoms. The van der Waals surface area contributed by atoms with Crippen LogP contribution < -0.4 is 0 Å². The maximum atomic E-state index is 12.0. The van der Waals surface area contributed by atoms with E-state index in [1.54, 1.807) is 0 Å². The summed E-state index contributed by atoms with van der Waals surface area (Å²) in [5.41, 5.74) is -0.408. The molecule has 5 aliphatic rings. The van der Waals surface area contributed by atoms with Gasteiger partial charge in [0, 0.05) is 0 Å². The second-order valence-electron chi connectivity index (χ2n) is 7.85. The highest BCUT2D eigenvalue weighted by Gasteiger charge is 2.80. The zero-order valence-corrected chi connectivity index (χ0v) is 11.4. The molecule has 0 aromatic rings. The van der Waals surface area contributed by atoms with Crippen LogP contribution in [0.1, 0.15) is 39.5 Å². The summed E-state index contributed by atoms with van der Waals surface area (Å²) in [6.45, 7) is 4.40. The first-order chi connectivity index (χ1) is 8.34. The molecule has 0 saturated heterocycles. The molecule has 0 aromatic heterocycles. The summed E-state index contributed by atoms with van der Waals surface area (Å²) >= 11 is 0. The van der Waals surface area contributed by atoms with E-state index in [0.717, 1.165) is 31.6 Å². The molecule has 0 unspecified atom stereocenters. The minimum atomic E-state index is -0.387. The molecule has 5 fully saturated rings. The highest BCUT2D eigenvalue weighted by molar-refractivity contribution is 5.77. The standard InChI is InChI=1S/C15H22O3/c1-13(12(16)18-3)4-8-9(5-13)14(2)7-15(17)6-10(14)11(8)15/h8-11,17H,4-7H2,1-3H3/t8-,9+,10+,11+,13-,14-,15-/m0/s1. The first-order valence-corrected chi connectivity index (χ1v) is 7.15. The van der Waals surface area contributed by atoms with Gasteiger partial charge in [-0.25, -0.2) is 0 Å². The molecular weight excluding hydrogens is 228 g/mol. The Morgan fingerprint density at radius 3 is 2.61 bits per heavy atom. The van der Waals surface area contributed by atoms with Crippen LogP contribution in [-0.2, 0) is 9.53 Å². The molecular formula is C15H22O3. The summed E-state index contributed by atoms with van der Waals surface area (Å²) in [4.78, 5) is 12.0. The Kier molecular flexibility index (Phi) is 1.75. The SMILES string of the molecule is COC(=O)[C@@]1(C)C[C@@H]2[C@@H]3[C@H]4C[C@]3(O)C[C@@]4(C)[C@@H]2C1. The number of hydrogen-bond donors (Lipinski definition) is 1. The molecule has 0 spiro atoms. The number of methoxy groups -OCH3 is 1. The molecule has 7 atom stereocenters. The Balaban J connectivity index is 1.69. The zero-order chi connectivity index (χ0) is 12.9. The first kappa shape index (κ1) is 11.3. The third kappa shape index (κ3) is 0.941. The minimum Gasteiger partial charge on any atom is -0.469 e. The Labute approximate surface area is 108 Å². The first-order valence-electron chi connectivity index (χ1n) is 7.15. The van der Waals surface area contributed by atoms with Gasteiger partial charge in [0.1, 0.15) is 0 Å². The fourth-order valence-electron chi connectivity index (χ4n) is 6.48. The molecule has 0 aliphatic heterocycles. The van der Waals surface area contributed by atoms with Crippen molar-refractivity contribution in [3.8, 4) is 0 Å². The van der Waals surface area contributed by atoms with Crippen LogP contribution in [0, 0.1) is 34.5 Å². The van der Waals surface area contributed by atoms with Crippen LogP contribution in [0.3, 0.4) is 0 Å². The topological polar surface area (TPSA) is 46.5 Å². The number of aliphatic hydroxyl groups is 1. The second kappa shape index (κ2) is 2.79. The number of rotatable bonds is 1. The molecule has 0 radical (unpaired) electrons. The van der Waals surface area contributed by atoms with Crippen LogP contribution in [-0.4, -0.2) is 23.8 Å².